The molecule has 0 aliphatic rings. The van der Waals surface area contributed by atoms with Crippen LogP contribution >= 0.6 is 11.6 Å². The number of halogens is 1. The van der Waals surface area contributed by atoms with Crippen LogP contribution in [0.25, 0.3) is 6.08 Å². The summed E-state index contributed by atoms with van der Waals surface area (Å²) in [6, 6.07) is 1.14. The van der Waals surface area contributed by atoms with Gasteiger partial charge in [-0.1, -0.05) is 11.6 Å². The van der Waals surface area contributed by atoms with Crippen LogP contribution in [0.4, 0.5) is 11.5 Å². The number of nitrogens with two attached hydrogens (primary N) is 1. The van der Waals surface area contributed by atoms with Crippen molar-refractivity contribution in [3.63, 3.8) is 0 Å². The lowest BCUT2D eigenvalue weighted by Crippen LogP contribution is -2.01. The zero-order valence-corrected chi connectivity index (χ0v) is 10.2. The lowest BCUT2D eigenvalue weighted by molar-refractivity contribution is -0.384. The van der Waals surface area contributed by atoms with Crippen LogP contribution in [-0.4, -0.2) is 22.5 Å². The summed E-state index contributed by atoms with van der Waals surface area (Å²) in [5.74, 6) is -0.855. The molecule has 8 heteroatoms. The summed E-state index contributed by atoms with van der Waals surface area (Å²) in [7, 11) is 0. The molecular weight excluding hydrogens is 262 g/mol. The third-order valence-electron chi connectivity index (χ3n) is 1.89. The number of nitro groups is 1. The summed E-state index contributed by atoms with van der Waals surface area (Å²) in [6.45, 7) is 1.89. The van der Waals surface area contributed by atoms with Gasteiger partial charge in [0.05, 0.1) is 11.5 Å². The average molecular weight is 272 g/mol. The highest BCUT2D eigenvalue weighted by molar-refractivity contribution is 6.31. The van der Waals surface area contributed by atoms with Gasteiger partial charge in [0.2, 0.25) is 5.82 Å². The first kappa shape index (κ1) is 13.9. The summed E-state index contributed by atoms with van der Waals surface area (Å²) < 4.78 is 4.66. The van der Waals surface area contributed by atoms with E-state index in [1.165, 1.54) is 6.08 Å². The lowest BCUT2D eigenvalue weighted by Gasteiger charge is -2.01. The van der Waals surface area contributed by atoms with E-state index in [2.05, 4.69) is 9.72 Å². The van der Waals surface area contributed by atoms with Crippen LogP contribution in [0, 0.1) is 10.1 Å². The summed E-state index contributed by atoms with van der Waals surface area (Å²) in [6.07, 6.45) is 2.38. The standard InChI is InChI=1S/C10H10ClN3O4/c1-2-18-8(15)4-3-6-5-7(14(16)17)10(12)13-9(6)11/h3-5H,2H2,1H3,(H2,12,13). The van der Waals surface area contributed by atoms with Crippen molar-refractivity contribution >= 4 is 35.2 Å². The van der Waals surface area contributed by atoms with Crippen molar-refractivity contribution in [3.8, 4) is 0 Å². The molecule has 0 radical (unpaired) electrons. The maximum Gasteiger partial charge on any atom is 0.330 e. The molecule has 1 rings (SSSR count). The Kier molecular flexibility index (Phi) is 4.61. The number of hydrogen-bond donors (Lipinski definition) is 1. The molecule has 18 heavy (non-hydrogen) atoms. The molecule has 0 bridgehead atoms. The van der Waals surface area contributed by atoms with Crippen LogP contribution in [0.2, 0.25) is 5.15 Å². The van der Waals surface area contributed by atoms with E-state index in [0.29, 0.717) is 0 Å². The van der Waals surface area contributed by atoms with Crippen LogP contribution < -0.4 is 5.73 Å². The Morgan fingerprint density at radius 1 is 1.72 bits per heavy atom. The second-order valence-corrected chi connectivity index (χ2v) is 3.47. The number of nitrogen functional groups attached to an aromatic ring is 1. The smallest absolute Gasteiger partial charge is 0.330 e. The molecule has 0 aliphatic heterocycles. The molecule has 96 valence electrons. The Morgan fingerprint density at radius 3 is 2.94 bits per heavy atom. The highest BCUT2D eigenvalue weighted by Gasteiger charge is 2.15. The van der Waals surface area contributed by atoms with Crippen LogP contribution in [0.1, 0.15) is 12.5 Å². The number of hydrogen-bond acceptors (Lipinski definition) is 6. The van der Waals surface area contributed by atoms with E-state index >= 15 is 0 Å². The first-order valence-electron chi connectivity index (χ1n) is 4.91. The van der Waals surface area contributed by atoms with Crippen molar-refractivity contribution in [2.24, 2.45) is 0 Å². The van der Waals surface area contributed by atoms with Gasteiger partial charge in [-0.2, -0.15) is 0 Å². The van der Waals surface area contributed by atoms with E-state index in [4.69, 9.17) is 17.3 Å². The first-order chi connectivity index (χ1) is 8.45. The molecule has 0 unspecified atom stereocenters. The summed E-state index contributed by atoms with van der Waals surface area (Å²) >= 11 is 5.75. The predicted octanol–water partition coefficient (Wildman–Crippen LogP) is 1.80. The molecule has 0 atom stereocenters. The molecule has 0 amide bonds. The molecule has 0 aromatic carbocycles. The van der Waals surface area contributed by atoms with Gasteiger partial charge in [-0.25, -0.2) is 9.78 Å². The zero-order chi connectivity index (χ0) is 13.7. The van der Waals surface area contributed by atoms with Gasteiger partial charge in [-0.15, -0.1) is 0 Å². The van der Waals surface area contributed by atoms with E-state index in [1.807, 2.05) is 0 Å². The number of esters is 1. The predicted molar refractivity (Wildman–Crippen MR) is 66.0 cm³/mol. The Balaban J connectivity index is 3.06. The maximum absolute atomic E-state index is 11.1. The van der Waals surface area contributed by atoms with Crippen molar-refractivity contribution in [1.82, 2.24) is 4.98 Å². The second kappa shape index (κ2) is 5.97. The number of carbonyl (C=O) groups excluding carboxylic acids is 1. The van der Waals surface area contributed by atoms with Crippen LogP contribution in [0.15, 0.2) is 12.1 Å². The Bertz CT molecular complexity index is 516. The van der Waals surface area contributed by atoms with Gasteiger partial charge in [-0.05, 0) is 13.0 Å². The normalized spacial score (nSPS) is 10.6. The largest absolute Gasteiger partial charge is 0.463 e. The molecular formula is C10H10ClN3O4. The molecule has 7 nitrogen and oxygen atoms in total. The maximum atomic E-state index is 11.1. The Labute approximate surface area is 107 Å². The van der Waals surface area contributed by atoms with Crippen LogP contribution in [-0.2, 0) is 9.53 Å². The topological polar surface area (TPSA) is 108 Å². The fraction of sp³-hybridized carbons (Fsp3) is 0.200. The number of aromatic nitrogens is 1. The van der Waals surface area contributed by atoms with Gasteiger partial charge in [0.1, 0.15) is 5.15 Å². The Morgan fingerprint density at radius 2 is 2.39 bits per heavy atom. The first-order valence-corrected chi connectivity index (χ1v) is 5.28. The minimum absolute atomic E-state index is 0.0290. The van der Waals surface area contributed by atoms with Gasteiger partial charge < -0.3 is 10.5 Å². The number of carbonyl (C=O) groups is 1. The molecule has 0 saturated heterocycles. The fourth-order valence-electron chi connectivity index (χ4n) is 1.12. The minimum Gasteiger partial charge on any atom is -0.463 e. The quantitative estimate of drug-likeness (QED) is 0.294. The van der Waals surface area contributed by atoms with Crippen molar-refractivity contribution in [3.05, 3.63) is 33.0 Å². The summed E-state index contributed by atoms with van der Waals surface area (Å²) in [5.41, 5.74) is 5.18. The number of ether oxygens (including phenoxy) is 1. The molecule has 1 aromatic heterocycles. The monoisotopic (exact) mass is 271 g/mol. The molecule has 2 N–H and O–H groups in total. The zero-order valence-electron chi connectivity index (χ0n) is 9.42. The second-order valence-electron chi connectivity index (χ2n) is 3.12. The summed E-state index contributed by atoms with van der Waals surface area (Å²) in [4.78, 5) is 24.7. The van der Waals surface area contributed by atoms with Gasteiger partial charge in [-0.3, -0.25) is 10.1 Å². The molecule has 0 saturated carbocycles. The summed E-state index contributed by atoms with van der Waals surface area (Å²) in [5, 5.41) is 10.6. The molecule has 0 fully saturated rings. The van der Waals surface area contributed by atoms with Crippen molar-refractivity contribution < 1.29 is 14.5 Å². The molecule has 1 aromatic rings. The van der Waals surface area contributed by atoms with Crippen LogP contribution in [0.3, 0.4) is 0 Å². The number of rotatable bonds is 4. The number of pyridine rings is 1. The van der Waals surface area contributed by atoms with Gasteiger partial charge >= 0.3 is 11.7 Å². The van der Waals surface area contributed by atoms with Gasteiger partial charge in [0.15, 0.2) is 0 Å². The van der Waals surface area contributed by atoms with Gasteiger partial charge in [0.25, 0.3) is 0 Å². The van der Waals surface area contributed by atoms with Crippen molar-refractivity contribution in [2.75, 3.05) is 12.3 Å². The molecule has 1 heterocycles. The number of nitrogens with zero attached hydrogens (tertiary/aromatic N) is 2. The van der Waals surface area contributed by atoms with E-state index in [1.54, 1.807) is 6.92 Å². The van der Waals surface area contributed by atoms with Crippen molar-refractivity contribution in [2.45, 2.75) is 6.92 Å². The third-order valence-corrected chi connectivity index (χ3v) is 2.20. The van der Waals surface area contributed by atoms with Crippen molar-refractivity contribution in [1.29, 1.82) is 0 Å². The lowest BCUT2D eigenvalue weighted by atomic mass is 10.2. The van der Waals surface area contributed by atoms with Crippen LogP contribution in [0.5, 0.6) is 0 Å². The highest BCUT2D eigenvalue weighted by atomic mass is 35.5. The Hall–Kier alpha value is -2.15. The molecule has 0 spiro atoms. The van der Waals surface area contributed by atoms with Gasteiger partial charge in [0, 0.05) is 17.7 Å². The SMILES string of the molecule is CCOC(=O)C=Cc1cc([N+](=O)[O-])c(N)nc1Cl. The van der Waals surface area contributed by atoms with E-state index in [-0.39, 0.29) is 28.8 Å². The van der Waals surface area contributed by atoms with E-state index in [9.17, 15) is 14.9 Å². The third kappa shape index (κ3) is 3.42. The average Bonchev–Trinajstić information content (AvgIpc) is 2.27. The highest BCUT2D eigenvalue weighted by Crippen LogP contribution is 2.26. The van der Waals surface area contributed by atoms with E-state index in [0.717, 1.165) is 12.1 Å². The number of anilines is 1. The fourth-order valence-corrected chi connectivity index (χ4v) is 1.33. The van der Waals surface area contributed by atoms with E-state index < -0.39 is 10.9 Å². The minimum atomic E-state index is -0.680. The molecule has 0 aliphatic carbocycles.